The van der Waals surface area contributed by atoms with E-state index in [1.165, 1.54) is 34.8 Å². The summed E-state index contributed by atoms with van der Waals surface area (Å²) in [5.41, 5.74) is 7.14. The van der Waals surface area contributed by atoms with Crippen LogP contribution < -0.4 is 11.1 Å². The highest BCUT2D eigenvalue weighted by Gasteiger charge is 2.14. The maximum absolute atomic E-state index is 5.84. The molecule has 114 valence electrons. The van der Waals surface area contributed by atoms with Gasteiger partial charge in [-0.25, -0.2) is 4.98 Å². The second-order valence-corrected chi connectivity index (χ2v) is 7.24. The Morgan fingerprint density at radius 3 is 2.70 bits per heavy atom. The maximum atomic E-state index is 5.84. The second-order valence-electron chi connectivity index (χ2n) is 6.08. The first kappa shape index (κ1) is 17.7. The Morgan fingerprint density at radius 2 is 2.05 bits per heavy atom. The number of nitrogens with zero attached hydrogens (tertiary/aromatic N) is 2. The number of thiazole rings is 1. The first-order valence-corrected chi connectivity index (χ1v) is 7.81. The minimum absolute atomic E-state index is 0. The predicted molar refractivity (Wildman–Crippen MR) is 97.3 cm³/mol. The second kappa shape index (κ2) is 7.59. The molecule has 0 bridgehead atoms. The van der Waals surface area contributed by atoms with Crippen molar-refractivity contribution in [3.63, 3.8) is 0 Å². The number of nitrogens with one attached hydrogen (secondary N) is 1. The van der Waals surface area contributed by atoms with Gasteiger partial charge in [-0.15, -0.1) is 35.3 Å². The minimum Gasteiger partial charge on any atom is -0.370 e. The Morgan fingerprint density at radius 1 is 1.35 bits per heavy atom. The maximum Gasteiger partial charge on any atom is 0.188 e. The molecule has 0 amide bonds. The van der Waals surface area contributed by atoms with Gasteiger partial charge in [0.15, 0.2) is 5.96 Å². The van der Waals surface area contributed by atoms with Gasteiger partial charge in [0.2, 0.25) is 0 Å². The zero-order valence-corrected chi connectivity index (χ0v) is 15.7. The van der Waals surface area contributed by atoms with Gasteiger partial charge in [-0.2, -0.15) is 0 Å². The molecule has 0 unspecified atom stereocenters. The molecule has 0 saturated heterocycles. The lowest BCUT2D eigenvalue weighted by Gasteiger charge is -2.20. The molecule has 3 N–H and O–H groups in total. The van der Waals surface area contributed by atoms with E-state index >= 15 is 0 Å². The number of fused-ring (bicyclic) bond motifs is 1. The molecule has 1 heterocycles. The van der Waals surface area contributed by atoms with Crippen molar-refractivity contribution in [2.75, 3.05) is 6.54 Å². The monoisotopic (exact) mass is 408 g/mol. The zero-order chi connectivity index (χ0) is 13.9. The lowest BCUT2D eigenvalue weighted by atomic mass is 10.0. The van der Waals surface area contributed by atoms with Crippen molar-refractivity contribution in [3.05, 3.63) is 15.6 Å². The summed E-state index contributed by atoms with van der Waals surface area (Å²) < 4.78 is 0. The number of aromatic nitrogens is 1. The summed E-state index contributed by atoms with van der Waals surface area (Å²) in [6, 6.07) is 0. The first-order chi connectivity index (χ1) is 8.94. The standard InChI is InChI=1S/C14H24N4S.HI/c1-14(2,3)18-13(15)16-9-8-12-17-10-6-4-5-7-11(10)19-12;/h4-9H2,1-3H3,(H3,15,16,18);1H. The average molecular weight is 408 g/mol. The van der Waals surface area contributed by atoms with E-state index in [9.17, 15) is 0 Å². The fraction of sp³-hybridized carbons (Fsp3) is 0.714. The van der Waals surface area contributed by atoms with Gasteiger partial charge in [0, 0.05) is 23.4 Å². The van der Waals surface area contributed by atoms with Crippen LogP contribution in [0.1, 0.15) is 49.2 Å². The van der Waals surface area contributed by atoms with Crippen molar-refractivity contribution in [2.45, 2.75) is 58.4 Å². The normalized spacial score (nSPS) is 15.4. The van der Waals surface area contributed by atoms with Crippen LogP contribution in [-0.2, 0) is 19.3 Å². The van der Waals surface area contributed by atoms with Crippen LogP contribution in [0, 0.1) is 0 Å². The summed E-state index contributed by atoms with van der Waals surface area (Å²) in [4.78, 5) is 10.6. The molecule has 1 aromatic rings. The number of nitrogens with two attached hydrogens (primary N) is 1. The Labute approximate surface area is 142 Å². The fourth-order valence-corrected chi connectivity index (χ4v) is 3.35. The van der Waals surface area contributed by atoms with Crippen LogP contribution in [0.3, 0.4) is 0 Å². The van der Waals surface area contributed by atoms with Gasteiger partial charge in [-0.05, 0) is 46.5 Å². The van der Waals surface area contributed by atoms with Crippen LogP contribution >= 0.6 is 35.3 Å². The molecule has 2 rings (SSSR count). The van der Waals surface area contributed by atoms with E-state index < -0.39 is 0 Å². The molecular formula is C14H25IN4S. The third-order valence-electron chi connectivity index (χ3n) is 3.00. The van der Waals surface area contributed by atoms with Crippen molar-refractivity contribution in [3.8, 4) is 0 Å². The van der Waals surface area contributed by atoms with Crippen LogP contribution in [-0.4, -0.2) is 23.0 Å². The molecule has 0 spiro atoms. The molecule has 0 aliphatic heterocycles. The zero-order valence-electron chi connectivity index (χ0n) is 12.5. The molecule has 1 aliphatic carbocycles. The first-order valence-electron chi connectivity index (χ1n) is 6.99. The lowest BCUT2D eigenvalue weighted by molar-refractivity contribution is 0.508. The van der Waals surface area contributed by atoms with Gasteiger partial charge in [0.25, 0.3) is 0 Å². The highest BCUT2D eigenvalue weighted by Crippen LogP contribution is 2.26. The van der Waals surface area contributed by atoms with Crippen molar-refractivity contribution >= 4 is 41.3 Å². The predicted octanol–water partition coefficient (Wildman–Crippen LogP) is 2.89. The summed E-state index contributed by atoms with van der Waals surface area (Å²) in [7, 11) is 0. The van der Waals surface area contributed by atoms with Crippen LogP contribution in [0.2, 0.25) is 0 Å². The summed E-state index contributed by atoms with van der Waals surface area (Å²) in [6.45, 7) is 6.93. The quantitative estimate of drug-likeness (QED) is 0.459. The SMILES string of the molecule is CC(C)(C)NC(N)=NCCc1nc2c(s1)CCCC2.I. The van der Waals surface area contributed by atoms with Gasteiger partial charge in [-0.1, -0.05) is 0 Å². The Kier molecular flexibility index (Phi) is 6.71. The molecule has 0 saturated carbocycles. The number of hydrogen-bond acceptors (Lipinski definition) is 3. The number of halogens is 1. The van der Waals surface area contributed by atoms with Crippen LogP contribution in [0.5, 0.6) is 0 Å². The van der Waals surface area contributed by atoms with Crippen LogP contribution in [0.15, 0.2) is 4.99 Å². The molecule has 1 aliphatic rings. The largest absolute Gasteiger partial charge is 0.370 e. The summed E-state index contributed by atoms with van der Waals surface area (Å²) >= 11 is 1.86. The van der Waals surface area contributed by atoms with E-state index in [-0.39, 0.29) is 29.5 Å². The minimum atomic E-state index is -0.0339. The Hall–Kier alpha value is -0.370. The molecule has 1 aromatic heterocycles. The van der Waals surface area contributed by atoms with E-state index in [1.807, 2.05) is 11.3 Å². The van der Waals surface area contributed by atoms with E-state index in [2.05, 4.69) is 31.1 Å². The highest BCUT2D eigenvalue weighted by molar-refractivity contribution is 14.0. The highest BCUT2D eigenvalue weighted by atomic mass is 127. The number of aryl methyl sites for hydroxylation is 2. The molecule has 20 heavy (non-hydrogen) atoms. The Bertz CT molecular complexity index is 439. The lowest BCUT2D eigenvalue weighted by Crippen LogP contribution is -2.45. The topological polar surface area (TPSA) is 63.3 Å². The van der Waals surface area contributed by atoms with Gasteiger partial charge in [-0.3, -0.25) is 4.99 Å². The third kappa shape index (κ3) is 5.55. The summed E-state index contributed by atoms with van der Waals surface area (Å²) in [5.74, 6) is 0.522. The average Bonchev–Trinajstić information content (AvgIpc) is 2.68. The van der Waals surface area contributed by atoms with Gasteiger partial charge in [0.1, 0.15) is 0 Å². The van der Waals surface area contributed by atoms with Crippen molar-refractivity contribution in [1.82, 2.24) is 10.3 Å². The van der Waals surface area contributed by atoms with Crippen molar-refractivity contribution in [2.24, 2.45) is 10.7 Å². The van der Waals surface area contributed by atoms with E-state index in [0.29, 0.717) is 12.5 Å². The molecule has 4 nitrogen and oxygen atoms in total. The van der Waals surface area contributed by atoms with E-state index in [1.54, 1.807) is 0 Å². The van der Waals surface area contributed by atoms with Crippen molar-refractivity contribution < 1.29 is 0 Å². The molecule has 6 heteroatoms. The third-order valence-corrected chi connectivity index (χ3v) is 4.22. The summed E-state index contributed by atoms with van der Waals surface area (Å²) in [6.07, 6.45) is 5.86. The van der Waals surface area contributed by atoms with Gasteiger partial charge in [0.05, 0.1) is 10.7 Å². The molecule has 0 fully saturated rings. The Balaban J connectivity index is 0.00000200. The number of aliphatic imine (C=N–C) groups is 1. The molecule has 0 radical (unpaired) electrons. The number of guanidine groups is 1. The molecule has 0 atom stereocenters. The van der Waals surface area contributed by atoms with Gasteiger partial charge >= 0.3 is 0 Å². The van der Waals surface area contributed by atoms with Crippen LogP contribution in [0.4, 0.5) is 0 Å². The fourth-order valence-electron chi connectivity index (χ4n) is 2.21. The van der Waals surface area contributed by atoms with E-state index in [0.717, 1.165) is 12.8 Å². The number of hydrogen-bond donors (Lipinski definition) is 2. The summed E-state index contributed by atoms with van der Waals surface area (Å²) in [5, 5.41) is 4.37. The smallest absolute Gasteiger partial charge is 0.188 e. The molecule has 0 aromatic carbocycles. The van der Waals surface area contributed by atoms with E-state index in [4.69, 9.17) is 10.7 Å². The van der Waals surface area contributed by atoms with Crippen LogP contribution in [0.25, 0.3) is 0 Å². The van der Waals surface area contributed by atoms with Gasteiger partial charge < -0.3 is 11.1 Å². The van der Waals surface area contributed by atoms with Crippen molar-refractivity contribution in [1.29, 1.82) is 0 Å². The molecular weight excluding hydrogens is 383 g/mol. The number of rotatable bonds is 3.